The second-order valence-electron chi connectivity index (χ2n) is 3.87. The van der Waals surface area contributed by atoms with E-state index in [1.165, 1.54) is 0 Å². The highest BCUT2D eigenvalue weighted by molar-refractivity contribution is 7.80. The summed E-state index contributed by atoms with van der Waals surface area (Å²) >= 11 is 4.76. The van der Waals surface area contributed by atoms with Crippen LogP contribution in [0.4, 0.5) is 13.2 Å². The molecule has 0 aromatic heterocycles. The summed E-state index contributed by atoms with van der Waals surface area (Å²) in [6, 6.07) is 0. The normalized spacial score (nSPS) is 17.6. The number of hydrogen-bond donors (Lipinski definition) is 2. The molecule has 0 atom stereocenters. The highest BCUT2D eigenvalue weighted by atomic mass is 32.1. The first-order chi connectivity index (χ1) is 7.78. The van der Waals surface area contributed by atoms with E-state index in [4.69, 9.17) is 18.0 Å². The van der Waals surface area contributed by atoms with Gasteiger partial charge in [0.15, 0.2) is 0 Å². The number of carbonyl (C=O) groups is 1. The van der Waals surface area contributed by atoms with Gasteiger partial charge in [0, 0.05) is 6.54 Å². The Bertz CT molecular complexity index is 316. The number of amides is 1. The van der Waals surface area contributed by atoms with Crippen LogP contribution in [0, 0.1) is 5.41 Å². The molecule has 0 heterocycles. The van der Waals surface area contributed by atoms with E-state index in [9.17, 15) is 18.0 Å². The standard InChI is InChI=1S/C9H13F3N2O2S/c10-9(11,12)5-16-4-3-14-7(15)8(1-2-8)6(13)17/h1-5H2,(H2,13,17)(H,14,15). The number of hydrogen-bond acceptors (Lipinski definition) is 3. The fourth-order valence-electron chi connectivity index (χ4n) is 1.30. The Morgan fingerprint density at radius 2 is 2.06 bits per heavy atom. The van der Waals surface area contributed by atoms with E-state index in [0.717, 1.165) is 0 Å². The molecular formula is C9H13F3N2O2S. The number of nitrogens with one attached hydrogen (secondary N) is 1. The summed E-state index contributed by atoms with van der Waals surface area (Å²) in [5.41, 5.74) is 4.63. The Morgan fingerprint density at radius 3 is 2.47 bits per heavy atom. The maximum atomic E-state index is 11.7. The van der Waals surface area contributed by atoms with Crippen molar-refractivity contribution in [1.29, 1.82) is 0 Å². The summed E-state index contributed by atoms with van der Waals surface area (Å²) in [5.74, 6) is -0.333. The zero-order chi connectivity index (χ0) is 13.1. The van der Waals surface area contributed by atoms with Crippen LogP contribution in [0.5, 0.6) is 0 Å². The maximum absolute atomic E-state index is 11.7. The lowest BCUT2D eigenvalue weighted by Crippen LogP contribution is -2.41. The minimum atomic E-state index is -4.35. The molecule has 1 saturated carbocycles. The van der Waals surface area contributed by atoms with Gasteiger partial charge in [-0.3, -0.25) is 4.79 Å². The Kier molecular flexibility index (Phi) is 4.31. The number of ether oxygens (including phenoxy) is 1. The van der Waals surface area contributed by atoms with E-state index in [-0.39, 0.29) is 24.0 Å². The molecule has 0 saturated heterocycles. The third kappa shape index (κ3) is 4.12. The summed E-state index contributed by atoms with van der Waals surface area (Å²) in [6.07, 6.45) is -3.16. The van der Waals surface area contributed by atoms with Crippen molar-refractivity contribution in [2.75, 3.05) is 19.8 Å². The lowest BCUT2D eigenvalue weighted by molar-refractivity contribution is -0.173. The monoisotopic (exact) mass is 270 g/mol. The van der Waals surface area contributed by atoms with Gasteiger partial charge in [0.05, 0.1) is 17.0 Å². The van der Waals surface area contributed by atoms with Crippen molar-refractivity contribution in [3.8, 4) is 0 Å². The van der Waals surface area contributed by atoms with Gasteiger partial charge in [-0.25, -0.2) is 0 Å². The molecule has 3 N–H and O–H groups in total. The average Bonchev–Trinajstić information content (AvgIpc) is 2.95. The first-order valence-electron chi connectivity index (χ1n) is 5.01. The van der Waals surface area contributed by atoms with Gasteiger partial charge < -0.3 is 15.8 Å². The zero-order valence-corrected chi connectivity index (χ0v) is 9.79. The molecule has 1 aliphatic rings. The summed E-state index contributed by atoms with van der Waals surface area (Å²) in [4.78, 5) is 11.7. The van der Waals surface area contributed by atoms with Gasteiger partial charge >= 0.3 is 6.18 Å². The summed E-state index contributed by atoms with van der Waals surface area (Å²) < 4.78 is 39.4. The minimum absolute atomic E-state index is 0.0132. The number of halogens is 3. The van der Waals surface area contributed by atoms with Crippen molar-refractivity contribution in [3.05, 3.63) is 0 Å². The van der Waals surface area contributed by atoms with Gasteiger partial charge in [0.2, 0.25) is 5.91 Å². The molecule has 0 unspecified atom stereocenters. The Labute approximate surface area is 102 Å². The molecule has 0 bridgehead atoms. The van der Waals surface area contributed by atoms with Crippen LogP contribution in [0.25, 0.3) is 0 Å². The molecule has 0 aromatic rings. The molecule has 0 radical (unpaired) electrons. The molecule has 0 spiro atoms. The lowest BCUT2D eigenvalue weighted by Gasteiger charge is -2.13. The van der Waals surface area contributed by atoms with Crippen LogP contribution in [0.2, 0.25) is 0 Å². The predicted molar refractivity (Wildman–Crippen MR) is 58.3 cm³/mol. The van der Waals surface area contributed by atoms with E-state index in [2.05, 4.69) is 10.1 Å². The highest BCUT2D eigenvalue weighted by Crippen LogP contribution is 2.46. The molecule has 1 amide bonds. The van der Waals surface area contributed by atoms with Gasteiger partial charge in [0.1, 0.15) is 6.61 Å². The van der Waals surface area contributed by atoms with Gasteiger partial charge in [-0.05, 0) is 12.8 Å². The molecule has 0 aliphatic heterocycles. The van der Waals surface area contributed by atoms with Crippen LogP contribution >= 0.6 is 12.2 Å². The highest BCUT2D eigenvalue weighted by Gasteiger charge is 2.52. The molecular weight excluding hydrogens is 257 g/mol. The molecule has 1 fully saturated rings. The average molecular weight is 270 g/mol. The summed E-state index contributed by atoms with van der Waals surface area (Å²) in [5, 5.41) is 2.45. The summed E-state index contributed by atoms with van der Waals surface area (Å²) in [6.45, 7) is -1.50. The van der Waals surface area contributed by atoms with Gasteiger partial charge in [-0.1, -0.05) is 12.2 Å². The van der Waals surface area contributed by atoms with E-state index >= 15 is 0 Å². The second kappa shape index (κ2) is 5.18. The summed E-state index contributed by atoms with van der Waals surface area (Å²) in [7, 11) is 0. The van der Waals surface area contributed by atoms with Gasteiger partial charge in [0.25, 0.3) is 0 Å². The van der Waals surface area contributed by atoms with Crippen LogP contribution in [-0.2, 0) is 9.53 Å². The van der Waals surface area contributed by atoms with E-state index in [0.29, 0.717) is 12.8 Å². The van der Waals surface area contributed by atoms with Gasteiger partial charge in [-0.15, -0.1) is 0 Å². The van der Waals surface area contributed by atoms with Crippen molar-refractivity contribution in [1.82, 2.24) is 5.32 Å². The molecule has 1 rings (SSSR count). The molecule has 98 valence electrons. The van der Waals surface area contributed by atoms with Crippen LogP contribution in [0.1, 0.15) is 12.8 Å². The second-order valence-corrected chi connectivity index (χ2v) is 4.31. The number of carbonyl (C=O) groups excluding carboxylic acids is 1. The largest absolute Gasteiger partial charge is 0.411 e. The molecule has 1 aliphatic carbocycles. The van der Waals surface area contributed by atoms with E-state index in [1.807, 2.05) is 0 Å². The predicted octanol–water partition coefficient (Wildman–Crippen LogP) is 0.748. The SMILES string of the molecule is NC(=S)C1(C(=O)NCCOCC(F)(F)F)CC1. The number of thiocarbonyl (C=S) groups is 1. The number of alkyl halides is 3. The van der Waals surface area contributed by atoms with Crippen molar-refractivity contribution in [3.63, 3.8) is 0 Å². The topological polar surface area (TPSA) is 64.4 Å². The third-order valence-electron chi connectivity index (χ3n) is 2.45. The Morgan fingerprint density at radius 1 is 1.47 bits per heavy atom. The maximum Gasteiger partial charge on any atom is 0.411 e. The first-order valence-corrected chi connectivity index (χ1v) is 5.41. The van der Waals surface area contributed by atoms with E-state index in [1.54, 1.807) is 0 Å². The molecule has 0 aromatic carbocycles. The van der Waals surface area contributed by atoms with E-state index < -0.39 is 18.2 Å². The first kappa shape index (κ1) is 14.2. The molecule has 17 heavy (non-hydrogen) atoms. The van der Waals surface area contributed by atoms with Gasteiger partial charge in [-0.2, -0.15) is 13.2 Å². The fourth-order valence-corrected chi connectivity index (χ4v) is 1.60. The third-order valence-corrected chi connectivity index (χ3v) is 2.84. The van der Waals surface area contributed by atoms with Crippen molar-refractivity contribution in [2.24, 2.45) is 11.1 Å². The zero-order valence-electron chi connectivity index (χ0n) is 8.97. The van der Waals surface area contributed by atoms with Crippen LogP contribution < -0.4 is 11.1 Å². The molecule has 8 heteroatoms. The lowest BCUT2D eigenvalue weighted by atomic mass is 10.1. The quantitative estimate of drug-likeness (QED) is 0.552. The Hall–Kier alpha value is -0.890. The van der Waals surface area contributed by atoms with Crippen LogP contribution in [-0.4, -0.2) is 36.8 Å². The fraction of sp³-hybridized carbons (Fsp3) is 0.778. The smallest absolute Gasteiger partial charge is 0.392 e. The van der Waals surface area contributed by atoms with Crippen LogP contribution in [0.3, 0.4) is 0 Å². The number of rotatable bonds is 6. The minimum Gasteiger partial charge on any atom is -0.392 e. The molecule has 4 nitrogen and oxygen atoms in total. The van der Waals surface area contributed by atoms with Crippen LogP contribution in [0.15, 0.2) is 0 Å². The van der Waals surface area contributed by atoms with Crippen molar-refractivity contribution >= 4 is 23.1 Å². The van der Waals surface area contributed by atoms with Crippen molar-refractivity contribution in [2.45, 2.75) is 19.0 Å². The number of nitrogens with two attached hydrogens (primary N) is 1. The Balaban J connectivity index is 2.16. The van der Waals surface area contributed by atoms with Crippen molar-refractivity contribution < 1.29 is 22.7 Å².